The number of carbonyl (C=O) groups is 2. The highest BCUT2D eigenvalue weighted by Gasteiger charge is 2.15. The molecule has 0 saturated carbocycles. The second-order valence-corrected chi connectivity index (χ2v) is 5.06. The molecule has 2 aromatic rings. The Morgan fingerprint density at radius 1 is 1.45 bits per heavy atom. The van der Waals surface area contributed by atoms with Crippen LogP contribution in [0.5, 0.6) is 0 Å². The summed E-state index contributed by atoms with van der Waals surface area (Å²) < 4.78 is 8.11. The molecule has 2 rings (SSSR count). The number of nitrogens with one attached hydrogen (secondary N) is 2. The van der Waals surface area contributed by atoms with Crippen LogP contribution in [0.1, 0.15) is 6.92 Å². The number of carboxylic acid groups (broad SMARTS) is 1. The minimum Gasteiger partial charge on any atom is -0.481 e. The Hall–Kier alpha value is -1.93. The number of benzene rings is 1. The van der Waals surface area contributed by atoms with E-state index in [0.29, 0.717) is 21.7 Å². The molecular formula is C11H11ClN4O3S. The highest BCUT2D eigenvalue weighted by atomic mass is 35.5. The van der Waals surface area contributed by atoms with Gasteiger partial charge in [-0.2, -0.15) is 8.75 Å². The maximum Gasteiger partial charge on any atom is 0.319 e. The number of aromatic nitrogens is 2. The molecule has 0 fully saturated rings. The van der Waals surface area contributed by atoms with E-state index in [1.165, 1.54) is 6.92 Å². The van der Waals surface area contributed by atoms with Crippen LogP contribution in [0.25, 0.3) is 11.0 Å². The lowest BCUT2D eigenvalue weighted by Crippen LogP contribution is -2.34. The van der Waals surface area contributed by atoms with E-state index in [1.807, 2.05) is 0 Å². The number of urea groups is 1. The molecule has 2 amide bonds. The van der Waals surface area contributed by atoms with Crippen LogP contribution in [0, 0.1) is 5.92 Å². The van der Waals surface area contributed by atoms with E-state index in [9.17, 15) is 9.59 Å². The highest BCUT2D eigenvalue weighted by molar-refractivity contribution is 7.00. The lowest BCUT2D eigenvalue weighted by molar-refractivity contribution is -0.140. The molecule has 9 heteroatoms. The van der Waals surface area contributed by atoms with Crippen molar-refractivity contribution in [1.82, 2.24) is 14.1 Å². The zero-order valence-corrected chi connectivity index (χ0v) is 12.0. The van der Waals surface area contributed by atoms with Gasteiger partial charge in [0.15, 0.2) is 0 Å². The smallest absolute Gasteiger partial charge is 0.319 e. The zero-order valence-electron chi connectivity index (χ0n) is 10.4. The highest BCUT2D eigenvalue weighted by Crippen LogP contribution is 2.29. The number of carboxylic acids is 1. The molecule has 3 N–H and O–H groups in total. The fourth-order valence-corrected chi connectivity index (χ4v) is 2.18. The van der Waals surface area contributed by atoms with Crippen molar-refractivity contribution in [2.24, 2.45) is 5.92 Å². The van der Waals surface area contributed by atoms with Gasteiger partial charge >= 0.3 is 12.0 Å². The van der Waals surface area contributed by atoms with Crippen LogP contribution in [-0.2, 0) is 4.79 Å². The van der Waals surface area contributed by atoms with Crippen LogP contribution in [0.3, 0.4) is 0 Å². The van der Waals surface area contributed by atoms with Crippen molar-refractivity contribution in [2.75, 3.05) is 11.9 Å². The molecule has 20 heavy (non-hydrogen) atoms. The molecule has 7 nitrogen and oxygen atoms in total. The summed E-state index contributed by atoms with van der Waals surface area (Å²) in [4.78, 5) is 22.4. The lowest BCUT2D eigenvalue weighted by Gasteiger charge is -2.11. The van der Waals surface area contributed by atoms with Crippen molar-refractivity contribution in [3.63, 3.8) is 0 Å². The summed E-state index contributed by atoms with van der Waals surface area (Å²) in [5.41, 5.74) is 1.50. The Morgan fingerprint density at radius 2 is 2.20 bits per heavy atom. The minimum absolute atomic E-state index is 0.0179. The van der Waals surface area contributed by atoms with Crippen molar-refractivity contribution < 1.29 is 14.7 Å². The molecule has 0 spiro atoms. The Kier molecular flexibility index (Phi) is 4.35. The molecule has 1 aromatic carbocycles. The third kappa shape index (κ3) is 3.14. The molecule has 0 saturated heterocycles. The Labute approximate surface area is 123 Å². The van der Waals surface area contributed by atoms with Crippen LogP contribution in [-0.4, -0.2) is 32.4 Å². The summed E-state index contributed by atoms with van der Waals surface area (Å²) in [5, 5.41) is 14.1. The van der Waals surface area contributed by atoms with Crippen molar-refractivity contribution in [2.45, 2.75) is 6.92 Å². The molecule has 0 aliphatic rings. The van der Waals surface area contributed by atoms with E-state index in [1.54, 1.807) is 12.1 Å². The monoisotopic (exact) mass is 314 g/mol. The first kappa shape index (κ1) is 14.5. The quantitative estimate of drug-likeness (QED) is 0.802. The fraction of sp³-hybridized carbons (Fsp3) is 0.273. The predicted octanol–water partition coefficient (Wildman–Crippen LogP) is 2.19. The van der Waals surface area contributed by atoms with Crippen molar-refractivity contribution in [1.29, 1.82) is 0 Å². The second kappa shape index (κ2) is 6.02. The summed E-state index contributed by atoms with van der Waals surface area (Å²) in [6.07, 6.45) is 0. The summed E-state index contributed by atoms with van der Waals surface area (Å²) in [6.45, 7) is 1.52. The summed E-state index contributed by atoms with van der Waals surface area (Å²) >= 11 is 7.03. The molecule has 0 bridgehead atoms. The Balaban J connectivity index is 2.08. The van der Waals surface area contributed by atoms with E-state index in [4.69, 9.17) is 16.7 Å². The summed E-state index contributed by atoms with van der Waals surface area (Å²) in [6, 6.07) is 2.78. The van der Waals surface area contributed by atoms with Gasteiger partial charge in [-0.25, -0.2) is 4.79 Å². The van der Waals surface area contributed by atoms with E-state index < -0.39 is 17.9 Å². The average Bonchev–Trinajstić information content (AvgIpc) is 2.87. The van der Waals surface area contributed by atoms with Gasteiger partial charge in [0.05, 0.1) is 28.4 Å². The number of halogens is 1. The number of amides is 2. The SMILES string of the molecule is CC(CNC(=O)Nc1c(Cl)ccc2nsnc12)C(=O)O. The second-order valence-electron chi connectivity index (χ2n) is 4.13. The van der Waals surface area contributed by atoms with Gasteiger partial charge in [0.2, 0.25) is 0 Å². The molecule has 106 valence electrons. The van der Waals surface area contributed by atoms with Crippen LogP contribution in [0.15, 0.2) is 12.1 Å². The van der Waals surface area contributed by atoms with Crippen molar-refractivity contribution >= 4 is 52.1 Å². The van der Waals surface area contributed by atoms with Gasteiger partial charge in [-0.3, -0.25) is 4.79 Å². The Morgan fingerprint density at radius 3 is 2.90 bits per heavy atom. The van der Waals surface area contributed by atoms with Crippen LogP contribution in [0.2, 0.25) is 5.02 Å². The number of nitrogens with zero attached hydrogens (tertiary/aromatic N) is 2. The van der Waals surface area contributed by atoms with Crippen LogP contribution in [0.4, 0.5) is 10.5 Å². The van der Waals surface area contributed by atoms with Gasteiger partial charge in [0.1, 0.15) is 11.0 Å². The zero-order chi connectivity index (χ0) is 14.7. The number of fused-ring (bicyclic) bond motifs is 1. The molecule has 1 heterocycles. The number of rotatable bonds is 4. The molecule has 0 aliphatic heterocycles. The minimum atomic E-state index is -0.978. The van der Waals surface area contributed by atoms with Gasteiger partial charge in [-0.1, -0.05) is 18.5 Å². The Bertz CT molecular complexity index is 660. The first-order chi connectivity index (χ1) is 9.49. The molecular weight excluding hydrogens is 304 g/mol. The van der Waals surface area contributed by atoms with E-state index in [0.717, 1.165) is 11.7 Å². The number of anilines is 1. The average molecular weight is 315 g/mol. The first-order valence-electron chi connectivity index (χ1n) is 5.67. The molecule has 0 aliphatic carbocycles. The third-order valence-corrected chi connectivity index (χ3v) is 3.46. The number of aliphatic carboxylic acids is 1. The van der Waals surface area contributed by atoms with E-state index >= 15 is 0 Å². The van der Waals surface area contributed by atoms with Gasteiger partial charge in [-0.05, 0) is 12.1 Å². The fourth-order valence-electron chi connectivity index (χ4n) is 1.44. The number of carbonyl (C=O) groups excluding carboxylic acids is 1. The molecule has 1 unspecified atom stereocenters. The maximum absolute atomic E-state index is 11.7. The molecule has 0 radical (unpaired) electrons. The largest absolute Gasteiger partial charge is 0.481 e. The number of hydrogen-bond acceptors (Lipinski definition) is 5. The summed E-state index contributed by atoms with van der Waals surface area (Å²) in [5.74, 6) is -1.65. The van der Waals surface area contributed by atoms with Crippen molar-refractivity contribution in [3.8, 4) is 0 Å². The lowest BCUT2D eigenvalue weighted by atomic mass is 10.2. The topological polar surface area (TPSA) is 104 Å². The summed E-state index contributed by atoms with van der Waals surface area (Å²) in [7, 11) is 0. The van der Waals surface area contributed by atoms with Gasteiger partial charge in [0, 0.05) is 6.54 Å². The number of hydrogen-bond donors (Lipinski definition) is 3. The molecule has 1 aromatic heterocycles. The van der Waals surface area contributed by atoms with Gasteiger partial charge in [-0.15, -0.1) is 0 Å². The van der Waals surface area contributed by atoms with Crippen molar-refractivity contribution in [3.05, 3.63) is 17.2 Å². The maximum atomic E-state index is 11.7. The van der Waals surface area contributed by atoms with Gasteiger partial charge in [0.25, 0.3) is 0 Å². The normalized spacial score (nSPS) is 12.1. The third-order valence-electron chi connectivity index (χ3n) is 2.61. The standard InChI is InChI=1S/C11H11ClN4O3S/c1-5(10(17)18)4-13-11(19)14-8-6(12)2-3-7-9(8)16-20-15-7/h2-3,5H,4H2,1H3,(H,17,18)(H2,13,14,19). The van der Waals surface area contributed by atoms with Crippen LogP contribution >= 0.6 is 23.3 Å². The van der Waals surface area contributed by atoms with Crippen LogP contribution < -0.4 is 10.6 Å². The predicted molar refractivity (Wildman–Crippen MR) is 76.2 cm³/mol. The first-order valence-corrected chi connectivity index (χ1v) is 6.78. The van der Waals surface area contributed by atoms with E-state index in [-0.39, 0.29) is 6.54 Å². The van der Waals surface area contributed by atoms with Gasteiger partial charge < -0.3 is 15.7 Å². The van der Waals surface area contributed by atoms with E-state index in [2.05, 4.69) is 19.4 Å². The molecule has 1 atom stereocenters.